The minimum absolute atomic E-state index is 0.579. The number of aromatic nitrogens is 3. The van der Waals surface area contributed by atoms with Crippen LogP contribution in [0.1, 0.15) is 24.4 Å². The Hall–Kier alpha value is -1.68. The topological polar surface area (TPSA) is 56.7 Å². The molecule has 1 aliphatic carbocycles. The lowest BCUT2D eigenvalue weighted by atomic mass is 10.1. The maximum Gasteiger partial charge on any atom is 0.163 e. The van der Waals surface area contributed by atoms with Crippen molar-refractivity contribution in [1.29, 1.82) is 0 Å². The van der Waals surface area contributed by atoms with Crippen LogP contribution in [0.25, 0.3) is 11.4 Å². The molecule has 1 fully saturated rings. The molecule has 0 saturated heterocycles. The molecule has 1 aromatic heterocycles. The molecule has 0 atom stereocenters. The average Bonchev–Trinajstić information content (AvgIpc) is 3.07. The van der Waals surface area contributed by atoms with Crippen molar-refractivity contribution in [1.82, 2.24) is 14.8 Å². The fourth-order valence-corrected chi connectivity index (χ4v) is 1.86. The van der Waals surface area contributed by atoms with Crippen molar-refractivity contribution in [3.8, 4) is 11.4 Å². The summed E-state index contributed by atoms with van der Waals surface area (Å²) in [5.74, 6) is 0.964. The molecule has 4 heteroatoms. The van der Waals surface area contributed by atoms with Crippen LogP contribution in [0.2, 0.25) is 0 Å². The Kier molecular flexibility index (Phi) is 2.22. The van der Waals surface area contributed by atoms with E-state index < -0.39 is 0 Å². The van der Waals surface area contributed by atoms with Gasteiger partial charge in [-0.15, -0.1) is 10.2 Å². The van der Waals surface area contributed by atoms with E-state index in [1.54, 1.807) is 0 Å². The summed E-state index contributed by atoms with van der Waals surface area (Å²) in [5, 5.41) is 8.18. The van der Waals surface area contributed by atoms with Crippen molar-refractivity contribution < 1.29 is 0 Å². The lowest BCUT2D eigenvalue weighted by Crippen LogP contribution is -1.98. The van der Waals surface area contributed by atoms with Gasteiger partial charge in [-0.2, -0.15) is 0 Å². The quantitative estimate of drug-likeness (QED) is 0.846. The maximum absolute atomic E-state index is 5.57. The van der Waals surface area contributed by atoms with Crippen LogP contribution in [0.15, 0.2) is 30.6 Å². The third-order valence-corrected chi connectivity index (χ3v) is 2.96. The molecule has 3 rings (SSSR count). The first-order valence-corrected chi connectivity index (χ1v) is 5.57. The summed E-state index contributed by atoms with van der Waals surface area (Å²) < 4.78 is 2.16. The molecule has 0 unspecified atom stereocenters. The van der Waals surface area contributed by atoms with Gasteiger partial charge in [0, 0.05) is 18.2 Å². The van der Waals surface area contributed by atoms with Crippen LogP contribution in [0.4, 0.5) is 0 Å². The van der Waals surface area contributed by atoms with Gasteiger partial charge >= 0.3 is 0 Å². The molecule has 1 heterocycles. The lowest BCUT2D eigenvalue weighted by Gasteiger charge is -2.05. The highest BCUT2D eigenvalue weighted by Crippen LogP contribution is 2.37. The third kappa shape index (κ3) is 1.61. The zero-order valence-corrected chi connectivity index (χ0v) is 9.00. The van der Waals surface area contributed by atoms with E-state index in [0.717, 1.165) is 17.0 Å². The van der Waals surface area contributed by atoms with E-state index >= 15 is 0 Å². The highest BCUT2D eigenvalue weighted by molar-refractivity contribution is 5.55. The second-order valence-electron chi connectivity index (χ2n) is 4.19. The molecule has 1 aliphatic rings. The van der Waals surface area contributed by atoms with Gasteiger partial charge < -0.3 is 10.3 Å². The highest BCUT2D eigenvalue weighted by atomic mass is 15.3. The molecule has 0 aliphatic heterocycles. The fraction of sp³-hybridized carbons (Fsp3) is 0.333. The first kappa shape index (κ1) is 9.54. The van der Waals surface area contributed by atoms with Crippen LogP contribution in [-0.2, 0) is 6.54 Å². The van der Waals surface area contributed by atoms with Crippen LogP contribution in [0.3, 0.4) is 0 Å². The smallest absolute Gasteiger partial charge is 0.163 e. The van der Waals surface area contributed by atoms with E-state index in [9.17, 15) is 0 Å². The Labute approximate surface area is 94.1 Å². The Morgan fingerprint density at radius 1 is 1.25 bits per heavy atom. The SMILES string of the molecule is NCc1ccc(-c2nncn2C2CC2)cc1. The number of nitrogens with two attached hydrogens (primary N) is 1. The molecular formula is C12H14N4. The highest BCUT2D eigenvalue weighted by Gasteiger charge is 2.26. The molecule has 4 nitrogen and oxygen atoms in total. The first-order chi connectivity index (χ1) is 7.88. The molecule has 1 aromatic carbocycles. The summed E-state index contributed by atoms with van der Waals surface area (Å²) in [6.07, 6.45) is 4.31. The fourth-order valence-electron chi connectivity index (χ4n) is 1.86. The van der Waals surface area contributed by atoms with Gasteiger partial charge in [-0.3, -0.25) is 0 Å². The molecule has 0 bridgehead atoms. The minimum atomic E-state index is 0.579. The number of rotatable bonds is 3. The molecule has 1 saturated carbocycles. The number of hydrogen-bond acceptors (Lipinski definition) is 3. The van der Waals surface area contributed by atoms with E-state index in [2.05, 4.69) is 26.9 Å². The minimum Gasteiger partial charge on any atom is -0.326 e. The second kappa shape index (κ2) is 3.72. The van der Waals surface area contributed by atoms with E-state index in [0.29, 0.717) is 12.6 Å². The van der Waals surface area contributed by atoms with Crippen LogP contribution >= 0.6 is 0 Å². The van der Waals surface area contributed by atoms with Gasteiger partial charge in [0.15, 0.2) is 5.82 Å². The molecular weight excluding hydrogens is 200 g/mol. The van der Waals surface area contributed by atoms with Crippen molar-refractivity contribution >= 4 is 0 Å². The van der Waals surface area contributed by atoms with Crippen LogP contribution < -0.4 is 5.73 Å². The number of nitrogens with zero attached hydrogens (tertiary/aromatic N) is 3. The summed E-state index contributed by atoms with van der Waals surface area (Å²) >= 11 is 0. The van der Waals surface area contributed by atoms with Crippen molar-refractivity contribution in [2.75, 3.05) is 0 Å². The van der Waals surface area contributed by atoms with Gasteiger partial charge in [-0.05, 0) is 18.4 Å². The predicted octanol–water partition coefficient (Wildman–Crippen LogP) is 1.74. The normalized spacial score (nSPS) is 15.3. The Morgan fingerprint density at radius 2 is 2.00 bits per heavy atom. The molecule has 0 radical (unpaired) electrons. The molecule has 0 amide bonds. The standard InChI is InChI=1S/C12H14N4/c13-7-9-1-3-10(4-2-9)12-15-14-8-16(12)11-5-6-11/h1-4,8,11H,5-7,13H2. The van der Waals surface area contributed by atoms with Gasteiger partial charge in [-0.25, -0.2) is 0 Å². The zero-order chi connectivity index (χ0) is 11.0. The Morgan fingerprint density at radius 3 is 2.62 bits per heavy atom. The average molecular weight is 214 g/mol. The third-order valence-electron chi connectivity index (χ3n) is 2.96. The van der Waals surface area contributed by atoms with Crippen LogP contribution in [0, 0.1) is 0 Å². The van der Waals surface area contributed by atoms with E-state index in [1.165, 1.54) is 12.8 Å². The predicted molar refractivity (Wildman–Crippen MR) is 61.6 cm³/mol. The molecule has 82 valence electrons. The van der Waals surface area contributed by atoms with Crippen molar-refractivity contribution in [3.05, 3.63) is 36.2 Å². The lowest BCUT2D eigenvalue weighted by molar-refractivity contribution is 0.746. The maximum atomic E-state index is 5.57. The van der Waals surface area contributed by atoms with Crippen LogP contribution in [-0.4, -0.2) is 14.8 Å². The van der Waals surface area contributed by atoms with E-state index in [1.807, 2.05) is 18.5 Å². The summed E-state index contributed by atoms with van der Waals surface area (Å²) in [4.78, 5) is 0. The largest absolute Gasteiger partial charge is 0.326 e. The van der Waals surface area contributed by atoms with Crippen LogP contribution in [0.5, 0.6) is 0 Å². The number of benzene rings is 1. The molecule has 2 aromatic rings. The van der Waals surface area contributed by atoms with Crippen molar-refractivity contribution in [2.24, 2.45) is 5.73 Å². The van der Waals surface area contributed by atoms with Crippen molar-refractivity contribution in [2.45, 2.75) is 25.4 Å². The second-order valence-corrected chi connectivity index (χ2v) is 4.19. The zero-order valence-electron chi connectivity index (χ0n) is 9.00. The van der Waals surface area contributed by atoms with Gasteiger partial charge in [0.05, 0.1) is 0 Å². The monoisotopic (exact) mass is 214 g/mol. The summed E-state index contributed by atoms with van der Waals surface area (Å²) in [6.45, 7) is 0.579. The molecule has 2 N–H and O–H groups in total. The Bertz CT molecular complexity index is 482. The molecule has 16 heavy (non-hydrogen) atoms. The Balaban J connectivity index is 1.97. The summed E-state index contributed by atoms with van der Waals surface area (Å²) in [6, 6.07) is 8.82. The van der Waals surface area contributed by atoms with Crippen molar-refractivity contribution in [3.63, 3.8) is 0 Å². The van der Waals surface area contributed by atoms with Gasteiger partial charge in [-0.1, -0.05) is 24.3 Å². The van der Waals surface area contributed by atoms with Gasteiger partial charge in [0.25, 0.3) is 0 Å². The van der Waals surface area contributed by atoms with E-state index in [-0.39, 0.29) is 0 Å². The molecule has 0 spiro atoms. The number of hydrogen-bond donors (Lipinski definition) is 1. The summed E-state index contributed by atoms with van der Waals surface area (Å²) in [7, 11) is 0. The summed E-state index contributed by atoms with van der Waals surface area (Å²) in [5.41, 5.74) is 7.83. The first-order valence-electron chi connectivity index (χ1n) is 5.57. The van der Waals surface area contributed by atoms with E-state index in [4.69, 9.17) is 5.73 Å². The van der Waals surface area contributed by atoms with Gasteiger partial charge in [0.1, 0.15) is 6.33 Å². The van der Waals surface area contributed by atoms with Gasteiger partial charge in [0.2, 0.25) is 0 Å².